The number of carbonyl (C=O) groups is 1. The summed E-state index contributed by atoms with van der Waals surface area (Å²) in [4.78, 5) is 19.2. The van der Waals surface area contributed by atoms with E-state index in [1.165, 1.54) is 0 Å². The molecule has 0 unspecified atom stereocenters. The van der Waals surface area contributed by atoms with Gasteiger partial charge in [-0.2, -0.15) is 5.10 Å². The average Bonchev–Trinajstić information content (AvgIpc) is 2.85. The van der Waals surface area contributed by atoms with Crippen molar-refractivity contribution in [3.63, 3.8) is 0 Å². The van der Waals surface area contributed by atoms with Crippen molar-refractivity contribution in [1.29, 1.82) is 0 Å². The maximum absolute atomic E-state index is 12.5. The van der Waals surface area contributed by atoms with E-state index in [4.69, 9.17) is 16.3 Å². The molecule has 0 radical (unpaired) electrons. The molecule has 3 heterocycles. The number of amides is 1. The first-order valence-electron chi connectivity index (χ1n) is 11.7. The number of hydrogen-bond donors (Lipinski definition) is 2. The summed E-state index contributed by atoms with van der Waals surface area (Å²) in [6.45, 7) is 6.39. The number of hydrazone groups is 1. The van der Waals surface area contributed by atoms with E-state index in [2.05, 4.69) is 31.8 Å². The van der Waals surface area contributed by atoms with Gasteiger partial charge in [-0.1, -0.05) is 29.8 Å². The van der Waals surface area contributed by atoms with E-state index in [1.807, 2.05) is 31.2 Å². The molecule has 0 atom stereocenters. The van der Waals surface area contributed by atoms with Gasteiger partial charge in [-0.15, -0.1) is 0 Å². The third kappa shape index (κ3) is 6.76. The Morgan fingerprint density at radius 1 is 1.15 bits per heavy atom. The maximum Gasteiger partial charge on any atom is 0.289 e. The highest BCUT2D eigenvalue weighted by molar-refractivity contribution is 6.31. The lowest BCUT2D eigenvalue weighted by Crippen LogP contribution is -2.36. The van der Waals surface area contributed by atoms with Crippen LogP contribution in [-0.4, -0.2) is 53.8 Å². The highest BCUT2D eigenvalue weighted by Crippen LogP contribution is 2.23. The molecule has 4 rings (SSSR count). The molecular formula is C25H32ClN5O2. The largest absolute Gasteiger partial charge is 0.381 e. The smallest absolute Gasteiger partial charge is 0.289 e. The fourth-order valence-corrected chi connectivity index (χ4v) is 4.55. The summed E-state index contributed by atoms with van der Waals surface area (Å²) in [5.74, 6) is 0.0786. The van der Waals surface area contributed by atoms with E-state index in [9.17, 15) is 4.79 Å². The number of nitrogens with zero attached hydrogens (tertiary/aromatic N) is 3. The molecule has 0 bridgehead atoms. The van der Waals surface area contributed by atoms with E-state index < -0.39 is 0 Å². The Morgan fingerprint density at radius 2 is 1.91 bits per heavy atom. The van der Waals surface area contributed by atoms with Crippen LogP contribution in [-0.2, 0) is 11.3 Å². The van der Waals surface area contributed by atoms with Crippen molar-refractivity contribution in [2.45, 2.75) is 45.2 Å². The van der Waals surface area contributed by atoms with Crippen LogP contribution in [0, 0.1) is 5.92 Å². The van der Waals surface area contributed by atoms with Gasteiger partial charge in [0.2, 0.25) is 0 Å². The summed E-state index contributed by atoms with van der Waals surface area (Å²) in [6, 6.07) is 12.0. The van der Waals surface area contributed by atoms with Crippen LogP contribution in [0.1, 0.15) is 48.7 Å². The maximum atomic E-state index is 12.5. The van der Waals surface area contributed by atoms with Gasteiger partial charge in [0.25, 0.3) is 5.91 Å². The molecule has 7 nitrogen and oxygen atoms in total. The number of hydrogen-bond acceptors (Lipinski definition) is 6. The van der Waals surface area contributed by atoms with Gasteiger partial charge in [0.05, 0.1) is 11.9 Å². The summed E-state index contributed by atoms with van der Waals surface area (Å²) in [5, 5.41) is 8.64. The van der Waals surface area contributed by atoms with Crippen molar-refractivity contribution in [3.8, 4) is 0 Å². The molecule has 2 N–H and O–H groups in total. The number of anilines is 1. The van der Waals surface area contributed by atoms with Gasteiger partial charge in [-0.05, 0) is 69.5 Å². The fraction of sp³-hybridized carbons (Fsp3) is 0.480. The molecule has 1 aromatic carbocycles. The van der Waals surface area contributed by atoms with E-state index >= 15 is 0 Å². The van der Waals surface area contributed by atoms with Gasteiger partial charge in [-0.3, -0.25) is 9.69 Å². The van der Waals surface area contributed by atoms with E-state index in [0.717, 1.165) is 80.5 Å². The quantitative estimate of drug-likeness (QED) is 0.465. The third-order valence-corrected chi connectivity index (χ3v) is 6.82. The molecule has 0 saturated carbocycles. The minimum atomic E-state index is -0.289. The number of benzene rings is 1. The molecule has 8 heteroatoms. The van der Waals surface area contributed by atoms with Crippen molar-refractivity contribution in [3.05, 3.63) is 58.9 Å². The second kappa shape index (κ2) is 11.6. The first-order valence-corrected chi connectivity index (χ1v) is 12.1. The molecule has 0 spiro atoms. The lowest BCUT2D eigenvalue weighted by Gasteiger charge is -2.32. The highest BCUT2D eigenvalue weighted by Gasteiger charge is 2.22. The van der Waals surface area contributed by atoms with Crippen molar-refractivity contribution >= 4 is 28.9 Å². The number of ether oxygens (including phenoxy) is 1. The van der Waals surface area contributed by atoms with Crippen molar-refractivity contribution in [2.75, 3.05) is 31.6 Å². The molecule has 1 amide bonds. The summed E-state index contributed by atoms with van der Waals surface area (Å²) >= 11 is 6.30. The number of piperidine rings is 1. The third-order valence-electron chi connectivity index (χ3n) is 6.45. The van der Waals surface area contributed by atoms with Crippen LogP contribution in [0.3, 0.4) is 0 Å². The molecule has 0 aliphatic carbocycles. The predicted octanol–water partition coefficient (Wildman–Crippen LogP) is 4.34. The number of nitrogens with one attached hydrogen (secondary N) is 2. The van der Waals surface area contributed by atoms with E-state index in [0.29, 0.717) is 17.7 Å². The molecule has 2 saturated heterocycles. The Kier molecular flexibility index (Phi) is 8.31. The second-order valence-electron chi connectivity index (χ2n) is 8.80. The lowest BCUT2D eigenvalue weighted by molar-refractivity contribution is 0.0904. The molecule has 2 aliphatic rings. The number of halogens is 1. The van der Waals surface area contributed by atoms with Gasteiger partial charge < -0.3 is 10.1 Å². The molecular weight excluding hydrogens is 438 g/mol. The van der Waals surface area contributed by atoms with Crippen molar-refractivity contribution in [1.82, 2.24) is 15.3 Å². The first-order chi connectivity index (χ1) is 16.1. The molecule has 2 aromatic rings. The Balaban J connectivity index is 1.23. The van der Waals surface area contributed by atoms with Crippen LogP contribution in [0.15, 0.2) is 47.7 Å². The summed E-state index contributed by atoms with van der Waals surface area (Å²) in [7, 11) is 0. The standard InChI is InChI=1S/C25H32ClN5O2/c1-18(19-8-12-31(13-9-19)17-20-4-2-3-5-23(20)26)29-30-25(32)24-7-6-22(16-27-24)28-21-10-14-33-15-11-21/h2-7,16,19,21,28H,8-15,17H2,1H3,(H,30,32)/b29-18+. The number of pyridine rings is 1. The average molecular weight is 470 g/mol. The number of rotatable bonds is 7. The van der Waals surface area contributed by atoms with Crippen molar-refractivity contribution in [2.24, 2.45) is 11.0 Å². The zero-order valence-corrected chi connectivity index (χ0v) is 19.9. The normalized spacial score (nSPS) is 18.8. The minimum absolute atomic E-state index is 0.289. The van der Waals surface area contributed by atoms with E-state index in [1.54, 1.807) is 12.3 Å². The van der Waals surface area contributed by atoms with Gasteiger partial charge in [0.15, 0.2) is 0 Å². The lowest BCUT2D eigenvalue weighted by atomic mass is 9.92. The Labute approximate surface area is 200 Å². The summed E-state index contributed by atoms with van der Waals surface area (Å²) < 4.78 is 5.38. The summed E-state index contributed by atoms with van der Waals surface area (Å²) in [5.41, 5.74) is 6.07. The van der Waals surface area contributed by atoms with Crippen molar-refractivity contribution < 1.29 is 9.53 Å². The SMILES string of the molecule is C/C(=N\NC(=O)c1ccc(NC2CCOCC2)cn1)C1CCN(Cc2ccccc2Cl)CC1. The highest BCUT2D eigenvalue weighted by atomic mass is 35.5. The minimum Gasteiger partial charge on any atom is -0.381 e. The van der Waals surface area contributed by atoms with Gasteiger partial charge in [0.1, 0.15) is 5.69 Å². The van der Waals surface area contributed by atoms with Gasteiger partial charge >= 0.3 is 0 Å². The first kappa shape index (κ1) is 23.7. The Bertz CT molecular complexity index is 952. The van der Waals surface area contributed by atoms with Gasteiger partial charge in [-0.25, -0.2) is 10.4 Å². The monoisotopic (exact) mass is 469 g/mol. The van der Waals surface area contributed by atoms with Crippen LogP contribution in [0.5, 0.6) is 0 Å². The van der Waals surface area contributed by atoms with Crippen LogP contribution in [0.4, 0.5) is 5.69 Å². The number of likely N-dealkylation sites (tertiary alicyclic amines) is 1. The molecule has 2 fully saturated rings. The van der Waals surface area contributed by atoms with E-state index in [-0.39, 0.29) is 5.91 Å². The number of aromatic nitrogens is 1. The topological polar surface area (TPSA) is 78.8 Å². The molecule has 2 aliphatic heterocycles. The Morgan fingerprint density at radius 3 is 2.61 bits per heavy atom. The second-order valence-corrected chi connectivity index (χ2v) is 9.21. The van der Waals surface area contributed by atoms with Crippen LogP contribution in [0.2, 0.25) is 5.02 Å². The molecule has 176 valence electrons. The zero-order chi connectivity index (χ0) is 23.0. The number of carbonyl (C=O) groups excluding carboxylic acids is 1. The van der Waals surface area contributed by atoms with Crippen LogP contribution in [0.25, 0.3) is 0 Å². The molecule has 33 heavy (non-hydrogen) atoms. The predicted molar refractivity (Wildman–Crippen MR) is 132 cm³/mol. The van der Waals surface area contributed by atoms with Crippen LogP contribution < -0.4 is 10.7 Å². The van der Waals surface area contributed by atoms with Gasteiger partial charge in [0, 0.05) is 42.5 Å². The van der Waals surface area contributed by atoms with Crippen LogP contribution >= 0.6 is 11.6 Å². The Hall–Kier alpha value is -2.48. The zero-order valence-electron chi connectivity index (χ0n) is 19.1. The summed E-state index contributed by atoms with van der Waals surface area (Å²) in [6.07, 6.45) is 5.70. The fourth-order valence-electron chi connectivity index (χ4n) is 4.36. The molecule has 1 aromatic heterocycles.